The molecule has 0 unspecified atom stereocenters. The maximum absolute atomic E-state index is 13.7. The third-order valence-electron chi connectivity index (χ3n) is 4.35. The molecule has 0 heterocycles. The van der Waals surface area contributed by atoms with Crippen LogP contribution in [0.25, 0.3) is 0 Å². The molecule has 0 aliphatic heterocycles. The van der Waals surface area contributed by atoms with Gasteiger partial charge in [0.15, 0.2) is 0 Å². The average Bonchev–Trinajstić information content (AvgIpc) is 2.76. The van der Waals surface area contributed by atoms with E-state index in [1.807, 2.05) is 5.43 Å². The standard InChI is InChI=1S/C22H15F5N2O4S/c23-18-7-4-8-19(24)17(18)12-21(30)29-28-13-14-11-15(22(25,26)27)9-10-20(14)34(31,32)33-16-5-2-1-3-6-16/h1-11,13H,12H2,(H,29,30)/b28-13+. The Morgan fingerprint density at radius 1 is 0.971 bits per heavy atom. The summed E-state index contributed by atoms with van der Waals surface area (Å²) in [6, 6.07) is 12.0. The Morgan fingerprint density at radius 2 is 1.62 bits per heavy atom. The highest BCUT2D eigenvalue weighted by atomic mass is 32.2. The van der Waals surface area contributed by atoms with E-state index in [2.05, 4.69) is 5.10 Å². The minimum absolute atomic E-state index is 0.0782. The first-order valence-corrected chi connectivity index (χ1v) is 10.8. The van der Waals surface area contributed by atoms with Crippen LogP contribution in [0, 0.1) is 11.6 Å². The highest BCUT2D eigenvalue weighted by molar-refractivity contribution is 7.87. The first kappa shape index (κ1) is 24.8. The third kappa shape index (κ3) is 6.16. The number of carbonyl (C=O) groups excluding carboxylic acids is 1. The van der Waals surface area contributed by atoms with Gasteiger partial charge in [0.25, 0.3) is 0 Å². The lowest BCUT2D eigenvalue weighted by atomic mass is 10.1. The van der Waals surface area contributed by atoms with Gasteiger partial charge in [0.05, 0.1) is 18.2 Å². The number of hydrogen-bond donors (Lipinski definition) is 1. The summed E-state index contributed by atoms with van der Waals surface area (Å²) in [5.74, 6) is -3.01. The first-order chi connectivity index (χ1) is 16.0. The molecule has 3 aromatic rings. The van der Waals surface area contributed by atoms with E-state index in [9.17, 15) is 35.2 Å². The van der Waals surface area contributed by atoms with Crippen LogP contribution < -0.4 is 9.61 Å². The number of hydrogen-bond acceptors (Lipinski definition) is 5. The van der Waals surface area contributed by atoms with Crippen molar-refractivity contribution in [1.82, 2.24) is 5.43 Å². The second kappa shape index (κ2) is 10.00. The molecule has 0 fully saturated rings. The Kier molecular flexibility index (Phi) is 7.30. The van der Waals surface area contributed by atoms with E-state index in [0.29, 0.717) is 24.4 Å². The SMILES string of the molecule is O=C(Cc1c(F)cccc1F)N/N=C/c1cc(C(F)(F)F)ccc1S(=O)(=O)Oc1ccccc1. The summed E-state index contributed by atoms with van der Waals surface area (Å²) in [5.41, 5.74) is -0.345. The third-order valence-corrected chi connectivity index (χ3v) is 5.67. The van der Waals surface area contributed by atoms with Gasteiger partial charge in [-0.05, 0) is 42.5 Å². The van der Waals surface area contributed by atoms with Gasteiger partial charge in [-0.25, -0.2) is 14.2 Å². The van der Waals surface area contributed by atoms with Crippen molar-refractivity contribution in [3.63, 3.8) is 0 Å². The van der Waals surface area contributed by atoms with Crippen LogP contribution in [0.4, 0.5) is 22.0 Å². The Morgan fingerprint density at radius 3 is 2.24 bits per heavy atom. The van der Waals surface area contributed by atoms with Gasteiger partial charge in [0, 0.05) is 11.1 Å². The van der Waals surface area contributed by atoms with Crippen molar-refractivity contribution < 1.29 is 39.3 Å². The molecule has 0 aliphatic rings. The topological polar surface area (TPSA) is 84.8 Å². The van der Waals surface area contributed by atoms with Crippen LogP contribution in [0.1, 0.15) is 16.7 Å². The Balaban J connectivity index is 1.87. The monoisotopic (exact) mass is 498 g/mol. The van der Waals surface area contributed by atoms with Gasteiger partial charge in [0.2, 0.25) is 5.91 Å². The maximum atomic E-state index is 13.7. The number of benzene rings is 3. The van der Waals surface area contributed by atoms with Crippen LogP contribution in [-0.4, -0.2) is 20.5 Å². The number of hydrazone groups is 1. The highest BCUT2D eigenvalue weighted by Gasteiger charge is 2.32. The molecule has 3 aromatic carbocycles. The van der Waals surface area contributed by atoms with Gasteiger partial charge in [-0.2, -0.15) is 26.7 Å². The normalized spacial score (nSPS) is 12.0. The van der Waals surface area contributed by atoms with Crippen molar-refractivity contribution in [2.45, 2.75) is 17.5 Å². The van der Waals surface area contributed by atoms with Crippen molar-refractivity contribution in [2.75, 3.05) is 0 Å². The van der Waals surface area contributed by atoms with Crippen molar-refractivity contribution >= 4 is 22.2 Å². The summed E-state index contributed by atoms with van der Waals surface area (Å²) >= 11 is 0. The number of nitrogens with zero attached hydrogens (tertiary/aromatic N) is 1. The summed E-state index contributed by atoms with van der Waals surface area (Å²) in [7, 11) is -4.59. The van der Waals surface area contributed by atoms with E-state index in [0.717, 1.165) is 18.2 Å². The number of nitrogens with one attached hydrogen (secondary N) is 1. The van der Waals surface area contributed by atoms with E-state index in [-0.39, 0.29) is 5.75 Å². The maximum Gasteiger partial charge on any atom is 0.416 e. The largest absolute Gasteiger partial charge is 0.416 e. The molecule has 1 N–H and O–H groups in total. The fraction of sp³-hybridized carbons (Fsp3) is 0.0909. The number of alkyl halides is 3. The molecule has 0 aromatic heterocycles. The number of amides is 1. The van der Waals surface area contributed by atoms with Crippen LogP contribution in [0.2, 0.25) is 0 Å². The summed E-state index contributed by atoms with van der Waals surface area (Å²) in [5, 5.41) is 3.44. The van der Waals surface area contributed by atoms with Gasteiger partial charge >= 0.3 is 16.3 Å². The van der Waals surface area contributed by atoms with Crippen molar-refractivity contribution in [2.24, 2.45) is 5.10 Å². The molecular formula is C22H15F5N2O4S. The molecule has 0 bridgehead atoms. The van der Waals surface area contributed by atoms with Gasteiger partial charge in [0.1, 0.15) is 22.3 Å². The summed E-state index contributed by atoms with van der Waals surface area (Å²) in [6.07, 6.45) is -4.89. The molecule has 0 spiro atoms. The van der Waals surface area contributed by atoms with Crippen molar-refractivity contribution in [3.8, 4) is 5.75 Å². The Hall–Kier alpha value is -3.80. The van der Waals surface area contributed by atoms with E-state index >= 15 is 0 Å². The molecule has 0 radical (unpaired) electrons. The zero-order valence-corrected chi connectivity index (χ0v) is 17.8. The fourth-order valence-electron chi connectivity index (χ4n) is 2.78. The fourth-order valence-corrected chi connectivity index (χ4v) is 3.87. The van der Waals surface area contributed by atoms with Crippen LogP contribution in [0.3, 0.4) is 0 Å². The lowest BCUT2D eigenvalue weighted by molar-refractivity contribution is -0.137. The average molecular weight is 498 g/mol. The van der Waals surface area contributed by atoms with E-state index in [1.165, 1.54) is 24.3 Å². The molecule has 0 saturated carbocycles. The van der Waals surface area contributed by atoms with Crippen LogP contribution in [-0.2, 0) is 27.5 Å². The predicted molar refractivity (Wildman–Crippen MR) is 111 cm³/mol. The molecule has 0 aliphatic carbocycles. The zero-order chi connectivity index (χ0) is 24.9. The molecular weight excluding hydrogens is 483 g/mol. The van der Waals surface area contributed by atoms with Crippen molar-refractivity contribution in [1.29, 1.82) is 0 Å². The minimum atomic E-state index is -4.79. The Labute approximate surface area is 190 Å². The van der Waals surface area contributed by atoms with E-state index in [4.69, 9.17) is 4.18 Å². The lowest BCUT2D eigenvalue weighted by Crippen LogP contribution is -2.21. The summed E-state index contributed by atoms with van der Waals surface area (Å²) < 4.78 is 97.0. The molecule has 3 rings (SSSR count). The van der Waals surface area contributed by atoms with Crippen LogP contribution in [0.5, 0.6) is 5.75 Å². The molecule has 6 nitrogen and oxygen atoms in total. The predicted octanol–water partition coefficient (Wildman–Crippen LogP) is 4.44. The smallest absolute Gasteiger partial charge is 0.379 e. The molecule has 178 valence electrons. The first-order valence-electron chi connectivity index (χ1n) is 9.43. The molecule has 1 amide bonds. The minimum Gasteiger partial charge on any atom is -0.379 e. The summed E-state index contributed by atoms with van der Waals surface area (Å²) in [6.45, 7) is 0. The number of para-hydroxylation sites is 1. The molecule has 0 atom stereocenters. The zero-order valence-electron chi connectivity index (χ0n) is 17.0. The molecule has 0 saturated heterocycles. The number of carbonyl (C=O) groups is 1. The summed E-state index contributed by atoms with van der Waals surface area (Å²) in [4.78, 5) is 11.3. The van der Waals surface area contributed by atoms with Crippen LogP contribution in [0.15, 0.2) is 76.7 Å². The quantitative estimate of drug-likeness (QED) is 0.226. The van der Waals surface area contributed by atoms with Crippen LogP contribution >= 0.6 is 0 Å². The molecule has 12 heteroatoms. The van der Waals surface area contributed by atoms with Gasteiger partial charge in [-0.1, -0.05) is 24.3 Å². The highest BCUT2D eigenvalue weighted by Crippen LogP contribution is 2.32. The lowest BCUT2D eigenvalue weighted by Gasteiger charge is -2.12. The van der Waals surface area contributed by atoms with E-state index < -0.39 is 61.8 Å². The molecule has 34 heavy (non-hydrogen) atoms. The second-order valence-electron chi connectivity index (χ2n) is 6.77. The van der Waals surface area contributed by atoms with Crippen molar-refractivity contribution in [3.05, 3.63) is 95.1 Å². The second-order valence-corrected chi connectivity index (χ2v) is 8.29. The number of rotatable bonds is 7. The van der Waals surface area contributed by atoms with Gasteiger partial charge < -0.3 is 4.18 Å². The van der Waals surface area contributed by atoms with Gasteiger partial charge in [-0.3, -0.25) is 4.79 Å². The number of halogens is 5. The van der Waals surface area contributed by atoms with E-state index in [1.54, 1.807) is 6.07 Å². The van der Waals surface area contributed by atoms with Gasteiger partial charge in [-0.15, -0.1) is 0 Å². The Bertz CT molecular complexity index is 1310.